The highest BCUT2D eigenvalue weighted by molar-refractivity contribution is 6.17. The minimum Gasteiger partial charge on any atom is -0.463 e. The van der Waals surface area contributed by atoms with E-state index in [4.69, 9.17) is 21.1 Å². The van der Waals surface area contributed by atoms with Crippen LogP contribution in [0.2, 0.25) is 0 Å². The van der Waals surface area contributed by atoms with Crippen molar-refractivity contribution in [1.82, 2.24) is 10.2 Å². The number of halogens is 1. The molecule has 6 nitrogen and oxygen atoms in total. The van der Waals surface area contributed by atoms with Crippen LogP contribution in [0, 0.1) is 0 Å². The molecule has 38 heavy (non-hydrogen) atoms. The number of hydrogen-bond donors (Lipinski definition) is 1. The van der Waals surface area contributed by atoms with Crippen molar-refractivity contribution in [2.24, 2.45) is 0 Å². The molecule has 0 unspecified atom stereocenters. The van der Waals surface area contributed by atoms with Crippen molar-refractivity contribution in [3.63, 3.8) is 0 Å². The van der Waals surface area contributed by atoms with E-state index < -0.39 is 11.7 Å². The number of ether oxygens (including phenoxy) is 2. The molecule has 0 aliphatic heterocycles. The van der Waals surface area contributed by atoms with Crippen LogP contribution in [0.1, 0.15) is 64.5 Å². The van der Waals surface area contributed by atoms with E-state index in [0.717, 1.165) is 6.42 Å². The van der Waals surface area contributed by atoms with Gasteiger partial charge in [0.1, 0.15) is 5.60 Å². The first-order valence-corrected chi connectivity index (χ1v) is 14.0. The van der Waals surface area contributed by atoms with Gasteiger partial charge in [-0.2, -0.15) is 0 Å². The summed E-state index contributed by atoms with van der Waals surface area (Å²) < 4.78 is 10.8. The van der Waals surface area contributed by atoms with Gasteiger partial charge in [0.15, 0.2) is 0 Å². The summed E-state index contributed by atoms with van der Waals surface area (Å²) in [6.45, 7) is 9.56. The SMILES string of the molecule is CCOC(=O)/C(=C/[C@H](CCCNC(=O)OC(C)(C)C)N(Cc1ccccc1)Cc1ccccc1)CCCCl. The Bertz CT molecular complexity index is 948. The number of nitrogens with zero attached hydrogens (tertiary/aromatic N) is 1. The van der Waals surface area contributed by atoms with Gasteiger partial charge in [-0.05, 0) is 64.5 Å². The second-order valence-electron chi connectivity index (χ2n) is 10.2. The second-order valence-corrected chi connectivity index (χ2v) is 10.6. The molecule has 1 amide bonds. The number of carbonyl (C=O) groups excluding carboxylic acids is 2. The van der Waals surface area contributed by atoms with Crippen molar-refractivity contribution < 1.29 is 19.1 Å². The number of esters is 1. The van der Waals surface area contributed by atoms with Crippen LogP contribution in [0.3, 0.4) is 0 Å². The third kappa shape index (κ3) is 12.6. The number of rotatable bonds is 15. The third-order valence-electron chi connectivity index (χ3n) is 5.78. The fourth-order valence-corrected chi connectivity index (χ4v) is 4.21. The predicted molar refractivity (Wildman–Crippen MR) is 154 cm³/mol. The molecule has 0 spiro atoms. The van der Waals surface area contributed by atoms with Gasteiger partial charge in [-0.15, -0.1) is 11.6 Å². The molecule has 2 aromatic carbocycles. The van der Waals surface area contributed by atoms with E-state index in [0.29, 0.717) is 57.0 Å². The Hall–Kier alpha value is -2.83. The van der Waals surface area contributed by atoms with Gasteiger partial charge in [0.05, 0.1) is 6.61 Å². The number of alkyl carbamates (subject to hydrolysis) is 1. The number of alkyl halides is 1. The van der Waals surface area contributed by atoms with Gasteiger partial charge in [0.25, 0.3) is 0 Å². The molecule has 2 rings (SSSR count). The molecule has 0 bridgehead atoms. The second kappa shape index (κ2) is 16.9. The standard InChI is InChI=1S/C31H43ClN2O4/c1-5-37-29(35)27(18-12-20-32)22-28(19-13-21-33-30(36)38-31(2,3)4)34(23-25-14-8-6-9-15-25)24-26-16-10-7-11-17-26/h6-11,14-17,22,28H,5,12-13,18-21,23-24H2,1-4H3,(H,33,36)/b27-22+/t28-/m0/s1. The summed E-state index contributed by atoms with van der Waals surface area (Å²) in [4.78, 5) is 27.4. The molecule has 1 N–H and O–H groups in total. The van der Waals surface area contributed by atoms with E-state index in [1.54, 1.807) is 0 Å². The Morgan fingerprint density at radius 1 is 0.974 bits per heavy atom. The highest BCUT2D eigenvalue weighted by atomic mass is 35.5. The number of carbonyl (C=O) groups is 2. The quantitative estimate of drug-likeness (QED) is 0.115. The smallest absolute Gasteiger partial charge is 0.407 e. The summed E-state index contributed by atoms with van der Waals surface area (Å²) in [6.07, 6.45) is 4.31. The summed E-state index contributed by atoms with van der Waals surface area (Å²) in [6, 6.07) is 20.6. The molecular weight excluding hydrogens is 500 g/mol. The van der Waals surface area contributed by atoms with Crippen LogP contribution in [-0.4, -0.2) is 47.6 Å². The lowest BCUT2D eigenvalue weighted by Gasteiger charge is -2.31. The highest BCUT2D eigenvalue weighted by Crippen LogP contribution is 2.21. The van der Waals surface area contributed by atoms with Crippen LogP contribution in [-0.2, 0) is 27.4 Å². The van der Waals surface area contributed by atoms with E-state index in [9.17, 15) is 9.59 Å². The Labute approximate surface area is 233 Å². The molecule has 1 atom stereocenters. The molecule has 0 radical (unpaired) electrons. The Balaban J connectivity index is 2.32. The summed E-state index contributed by atoms with van der Waals surface area (Å²) in [7, 11) is 0. The first kappa shape index (κ1) is 31.4. The fraction of sp³-hybridized carbons (Fsp3) is 0.484. The average Bonchev–Trinajstić information content (AvgIpc) is 2.87. The van der Waals surface area contributed by atoms with Gasteiger partial charge >= 0.3 is 12.1 Å². The molecule has 0 saturated carbocycles. The molecule has 0 fully saturated rings. The lowest BCUT2D eigenvalue weighted by atomic mass is 10.0. The zero-order valence-electron chi connectivity index (χ0n) is 23.3. The minimum absolute atomic E-state index is 0.0643. The van der Waals surface area contributed by atoms with Crippen LogP contribution in [0.5, 0.6) is 0 Å². The molecule has 208 valence electrons. The lowest BCUT2D eigenvalue weighted by molar-refractivity contribution is -0.138. The van der Waals surface area contributed by atoms with E-state index in [2.05, 4.69) is 34.5 Å². The Morgan fingerprint density at radius 3 is 2.05 bits per heavy atom. The lowest BCUT2D eigenvalue weighted by Crippen LogP contribution is -2.36. The largest absolute Gasteiger partial charge is 0.463 e. The number of nitrogens with one attached hydrogen (secondary N) is 1. The van der Waals surface area contributed by atoms with Crippen molar-refractivity contribution in [1.29, 1.82) is 0 Å². The van der Waals surface area contributed by atoms with Crippen LogP contribution < -0.4 is 5.32 Å². The van der Waals surface area contributed by atoms with Crippen LogP contribution >= 0.6 is 11.6 Å². The molecule has 7 heteroatoms. The summed E-state index contributed by atoms with van der Waals surface area (Å²) in [5.41, 5.74) is 2.47. The first-order valence-electron chi connectivity index (χ1n) is 13.4. The van der Waals surface area contributed by atoms with Crippen molar-refractivity contribution in [2.45, 2.75) is 78.1 Å². The van der Waals surface area contributed by atoms with E-state index in [-0.39, 0.29) is 12.0 Å². The van der Waals surface area contributed by atoms with Crippen molar-refractivity contribution in [2.75, 3.05) is 19.0 Å². The minimum atomic E-state index is -0.547. The molecule has 0 aliphatic rings. The molecule has 0 saturated heterocycles. The average molecular weight is 543 g/mol. The summed E-state index contributed by atoms with van der Waals surface area (Å²) >= 11 is 5.98. The zero-order chi connectivity index (χ0) is 27.8. The van der Waals surface area contributed by atoms with Crippen molar-refractivity contribution in [3.8, 4) is 0 Å². The number of benzene rings is 2. The van der Waals surface area contributed by atoms with Gasteiger partial charge in [-0.1, -0.05) is 66.7 Å². The van der Waals surface area contributed by atoms with E-state index in [1.165, 1.54) is 11.1 Å². The van der Waals surface area contributed by atoms with Gasteiger partial charge in [-0.3, -0.25) is 4.90 Å². The molecule has 2 aromatic rings. The summed E-state index contributed by atoms with van der Waals surface area (Å²) in [5.74, 6) is 0.174. The number of amides is 1. The molecule has 0 aliphatic carbocycles. The number of hydrogen-bond acceptors (Lipinski definition) is 5. The molecule has 0 heterocycles. The normalized spacial score (nSPS) is 12.7. The van der Waals surface area contributed by atoms with Gasteiger partial charge in [0.2, 0.25) is 0 Å². The third-order valence-corrected chi connectivity index (χ3v) is 6.05. The maximum absolute atomic E-state index is 12.9. The maximum atomic E-state index is 12.9. The van der Waals surface area contributed by atoms with E-state index in [1.807, 2.05) is 70.2 Å². The monoisotopic (exact) mass is 542 g/mol. The molecule has 0 aromatic heterocycles. The fourth-order valence-electron chi connectivity index (χ4n) is 4.08. The first-order chi connectivity index (χ1) is 18.2. The van der Waals surface area contributed by atoms with Crippen LogP contribution in [0.25, 0.3) is 0 Å². The predicted octanol–water partition coefficient (Wildman–Crippen LogP) is 6.87. The van der Waals surface area contributed by atoms with Crippen molar-refractivity contribution >= 4 is 23.7 Å². The van der Waals surface area contributed by atoms with Gasteiger partial charge in [0, 0.05) is 37.1 Å². The van der Waals surface area contributed by atoms with Crippen molar-refractivity contribution in [3.05, 3.63) is 83.4 Å². The van der Waals surface area contributed by atoms with Crippen LogP contribution in [0.4, 0.5) is 4.79 Å². The van der Waals surface area contributed by atoms with E-state index >= 15 is 0 Å². The Morgan fingerprint density at radius 2 is 1.55 bits per heavy atom. The van der Waals surface area contributed by atoms with Crippen LogP contribution in [0.15, 0.2) is 72.3 Å². The zero-order valence-corrected chi connectivity index (χ0v) is 24.0. The topological polar surface area (TPSA) is 67.9 Å². The molecular formula is C31H43ClN2O4. The maximum Gasteiger partial charge on any atom is 0.407 e. The summed E-state index contributed by atoms with van der Waals surface area (Å²) in [5, 5.41) is 2.85. The van der Waals surface area contributed by atoms with Gasteiger partial charge in [-0.25, -0.2) is 9.59 Å². The van der Waals surface area contributed by atoms with Gasteiger partial charge < -0.3 is 14.8 Å². The Kier molecular flexibility index (Phi) is 14.0. The highest BCUT2D eigenvalue weighted by Gasteiger charge is 2.22.